The fraction of sp³-hybridized carbons (Fsp3) is 0. The number of hydrogen-bond donors (Lipinski definition) is 0. The summed E-state index contributed by atoms with van der Waals surface area (Å²) in [6.07, 6.45) is 0. The van der Waals surface area contributed by atoms with Crippen LogP contribution in [0.1, 0.15) is 0 Å². The Morgan fingerprint density at radius 1 is 0.800 bits per heavy atom. The molecule has 3 heteroatoms. The van der Waals surface area contributed by atoms with Gasteiger partial charge < -0.3 is 23.7 Å². The third-order valence-corrected chi connectivity index (χ3v) is 0. The molecule has 2 nitrogen and oxygen atoms in total. The van der Waals surface area contributed by atoms with E-state index in [2.05, 4.69) is 0 Å². The third kappa shape index (κ3) is 29.2. The molecule has 0 rings (SSSR count). The molecule has 0 aliphatic carbocycles. The zero-order valence-corrected chi connectivity index (χ0v) is 3.27. The van der Waals surface area contributed by atoms with Crippen molar-refractivity contribution in [3.63, 3.8) is 0 Å². The van der Waals surface area contributed by atoms with Crippen molar-refractivity contribution in [3.8, 4) is 0 Å². The zero-order valence-electron chi connectivity index (χ0n) is 2.23. The predicted octanol–water partition coefficient (Wildman–Crippen LogP) is 0.190. The van der Waals surface area contributed by atoms with E-state index in [1.165, 1.54) is 0 Å². The summed E-state index contributed by atoms with van der Waals surface area (Å²) in [5.74, 6) is 0. The van der Waals surface area contributed by atoms with Crippen LogP contribution in [-0.4, -0.2) is 0 Å². The van der Waals surface area contributed by atoms with Crippen LogP contribution in [0.3, 0.4) is 0 Å². The van der Waals surface area contributed by atoms with E-state index in [1.807, 2.05) is 0 Å². The molecule has 0 aromatic heterocycles. The summed E-state index contributed by atoms with van der Waals surface area (Å²) in [5.41, 5.74) is 0. The van der Waals surface area contributed by atoms with Gasteiger partial charge in [0.15, 0.2) is 0 Å². The molecule has 0 saturated carbocycles. The van der Waals surface area contributed by atoms with Gasteiger partial charge in [0.2, 0.25) is 0 Å². The smallest absolute Gasteiger partial charge is 0.512 e. The standard InChI is InChI=1S/2CN.Co/c2*1-2;/q2*-1;+2. The van der Waals surface area contributed by atoms with Crippen LogP contribution in [-0.2, 0) is 16.8 Å². The molecule has 0 N–H and O–H groups in total. The molecule has 27 valence electrons. The van der Waals surface area contributed by atoms with Crippen LogP contribution in [0.2, 0.25) is 0 Å². The maximum Gasteiger partial charge on any atom is 2.00 e. The number of rotatable bonds is 0. The monoisotopic (exact) mass is 111 g/mol. The number of nitrogens with zero attached hydrogens (tertiary/aromatic N) is 2. The Labute approximate surface area is 41.2 Å². The van der Waals surface area contributed by atoms with Crippen molar-refractivity contribution in [1.82, 2.24) is 0 Å². The molecule has 0 atom stereocenters. The molecule has 5 heavy (non-hydrogen) atoms. The Balaban J connectivity index is -0.0000000133. The summed E-state index contributed by atoms with van der Waals surface area (Å²) in [6, 6.07) is 0. The summed E-state index contributed by atoms with van der Waals surface area (Å²) in [5, 5.41) is 12.5. The van der Waals surface area contributed by atoms with Gasteiger partial charge in [0.1, 0.15) is 0 Å². The van der Waals surface area contributed by atoms with E-state index in [1.54, 1.807) is 0 Å². The molecule has 0 aliphatic heterocycles. The molecular formula is C2CoN2. The maximum absolute atomic E-state index is 6.25. The molecule has 0 fully saturated rings. The molecule has 0 aliphatic rings. The second-order valence-electron chi connectivity index (χ2n) is 0. The normalized spacial score (nSPS) is 0.800. The molecule has 0 unspecified atom stereocenters. The zero-order chi connectivity index (χ0) is 4.00. The second kappa shape index (κ2) is 81.7. The van der Waals surface area contributed by atoms with E-state index in [9.17, 15) is 0 Å². The maximum atomic E-state index is 6.25. The Kier molecular flexibility index (Phi) is 404. The fourth-order valence-electron chi connectivity index (χ4n) is 0. The van der Waals surface area contributed by atoms with E-state index in [0.29, 0.717) is 0 Å². The Morgan fingerprint density at radius 3 is 0.800 bits per heavy atom. The average Bonchev–Trinajstić information content (AvgIpc) is 1.50. The van der Waals surface area contributed by atoms with Gasteiger partial charge in [-0.15, -0.1) is 0 Å². The molecule has 0 spiro atoms. The van der Waals surface area contributed by atoms with Crippen LogP contribution >= 0.6 is 0 Å². The first kappa shape index (κ1) is 24.7. The van der Waals surface area contributed by atoms with Gasteiger partial charge in [0, 0.05) is 0 Å². The van der Waals surface area contributed by atoms with Gasteiger partial charge in [0.25, 0.3) is 0 Å². The minimum absolute atomic E-state index is 0. The molecule has 0 heterocycles. The van der Waals surface area contributed by atoms with Crippen molar-refractivity contribution >= 4 is 0 Å². The molecule has 0 aromatic carbocycles. The largest absolute Gasteiger partial charge is 2.00 e. The van der Waals surface area contributed by atoms with Crippen molar-refractivity contribution in [3.05, 3.63) is 13.1 Å². The minimum atomic E-state index is 0. The van der Waals surface area contributed by atoms with Gasteiger partial charge in [-0.3, -0.25) is 0 Å². The summed E-state index contributed by atoms with van der Waals surface area (Å²) >= 11 is 0. The van der Waals surface area contributed by atoms with Crippen molar-refractivity contribution in [1.29, 1.82) is 10.5 Å². The Morgan fingerprint density at radius 2 is 0.800 bits per heavy atom. The molecule has 0 saturated heterocycles. The second-order valence-corrected chi connectivity index (χ2v) is 0. The van der Waals surface area contributed by atoms with Crippen LogP contribution < -0.4 is 0 Å². The topological polar surface area (TPSA) is 47.6 Å². The van der Waals surface area contributed by atoms with E-state index in [0.717, 1.165) is 0 Å². The van der Waals surface area contributed by atoms with E-state index in [-0.39, 0.29) is 16.8 Å². The fourth-order valence-corrected chi connectivity index (χ4v) is 0. The van der Waals surface area contributed by atoms with Crippen molar-refractivity contribution in [2.45, 2.75) is 0 Å². The minimum Gasteiger partial charge on any atom is -0.512 e. The summed E-state index contributed by atoms with van der Waals surface area (Å²) in [7, 11) is 0. The summed E-state index contributed by atoms with van der Waals surface area (Å²) < 4.78 is 0. The van der Waals surface area contributed by atoms with Crippen LogP contribution in [0.25, 0.3) is 0 Å². The van der Waals surface area contributed by atoms with Crippen LogP contribution in [0.4, 0.5) is 0 Å². The molecule has 0 aromatic rings. The first-order valence-corrected chi connectivity index (χ1v) is 0.447. The first-order valence-electron chi connectivity index (χ1n) is 0.447. The van der Waals surface area contributed by atoms with Gasteiger partial charge in [0.05, 0.1) is 0 Å². The molecule has 1 radical (unpaired) electrons. The SMILES string of the molecule is [C-]#N.[C-]#N.[Co+2]. The molecule has 0 bridgehead atoms. The first-order chi connectivity index (χ1) is 2.00. The van der Waals surface area contributed by atoms with Gasteiger partial charge in [-0.25, -0.2) is 0 Å². The van der Waals surface area contributed by atoms with Gasteiger partial charge in [-0.1, -0.05) is 0 Å². The summed E-state index contributed by atoms with van der Waals surface area (Å²) in [4.78, 5) is 0. The molecular weight excluding hydrogens is 111 g/mol. The van der Waals surface area contributed by atoms with Crippen molar-refractivity contribution < 1.29 is 16.8 Å². The predicted molar refractivity (Wildman–Crippen MR) is 9.94 cm³/mol. The van der Waals surface area contributed by atoms with Gasteiger partial charge >= 0.3 is 16.8 Å². The molecule has 0 amide bonds. The third-order valence-electron chi connectivity index (χ3n) is 0. The summed E-state index contributed by atoms with van der Waals surface area (Å²) in [6.45, 7) is 9.50. The van der Waals surface area contributed by atoms with E-state index >= 15 is 0 Å². The van der Waals surface area contributed by atoms with Crippen molar-refractivity contribution in [2.75, 3.05) is 0 Å². The van der Waals surface area contributed by atoms with E-state index < -0.39 is 0 Å². The van der Waals surface area contributed by atoms with Crippen molar-refractivity contribution in [2.24, 2.45) is 0 Å². The number of hydrogen-bond acceptors (Lipinski definition) is 2. The van der Waals surface area contributed by atoms with Crippen LogP contribution in [0, 0.1) is 23.7 Å². The average molecular weight is 111 g/mol. The Bertz CT molecular complexity index is 23.1. The van der Waals surface area contributed by atoms with Crippen LogP contribution in [0.15, 0.2) is 0 Å². The quantitative estimate of drug-likeness (QED) is 0.419. The van der Waals surface area contributed by atoms with E-state index in [4.69, 9.17) is 23.7 Å². The van der Waals surface area contributed by atoms with Crippen LogP contribution in [0.5, 0.6) is 0 Å². The van der Waals surface area contributed by atoms with Gasteiger partial charge in [-0.05, 0) is 0 Å². The van der Waals surface area contributed by atoms with Gasteiger partial charge in [-0.2, -0.15) is 0 Å². The Hall–Kier alpha value is -0.514.